The van der Waals surface area contributed by atoms with Crippen molar-refractivity contribution in [2.24, 2.45) is 11.3 Å². The molecule has 1 nitrogen and oxygen atoms in total. The minimum atomic E-state index is 0.331. The van der Waals surface area contributed by atoms with Crippen LogP contribution < -0.4 is 4.74 Å². The zero-order valence-corrected chi connectivity index (χ0v) is 15.3. The van der Waals surface area contributed by atoms with Gasteiger partial charge >= 0.3 is 0 Å². The Labute approximate surface area is 136 Å². The van der Waals surface area contributed by atoms with Gasteiger partial charge in [0.2, 0.25) is 0 Å². The fourth-order valence-electron chi connectivity index (χ4n) is 5.46. The van der Waals surface area contributed by atoms with Crippen LogP contribution in [0.5, 0.6) is 5.75 Å². The second kappa shape index (κ2) is 5.28. The third-order valence-corrected chi connectivity index (χ3v) is 6.62. The summed E-state index contributed by atoms with van der Waals surface area (Å²) < 4.78 is 5.75. The third-order valence-electron chi connectivity index (χ3n) is 6.62. The Kier molecular flexibility index (Phi) is 3.82. The predicted molar refractivity (Wildman–Crippen MR) is 93.9 cm³/mol. The maximum atomic E-state index is 5.75. The number of ether oxygens (including phenoxy) is 1. The van der Waals surface area contributed by atoms with Crippen LogP contribution in [-0.4, -0.2) is 7.11 Å². The lowest BCUT2D eigenvalue weighted by atomic mass is 9.50. The van der Waals surface area contributed by atoms with Gasteiger partial charge in [-0.25, -0.2) is 0 Å². The molecular weight excluding hydrogens is 268 g/mol. The smallest absolute Gasteiger partial charge is 0.122 e. The molecule has 0 unspecified atom stereocenters. The van der Waals surface area contributed by atoms with E-state index in [2.05, 4.69) is 46.8 Å². The SMILES string of the molecule is COc1cc2c(cc1C(C)C)CC[C@H]1C(C)(C)CCC[C@]21C. The van der Waals surface area contributed by atoms with Crippen LogP contribution >= 0.6 is 0 Å². The van der Waals surface area contributed by atoms with Crippen molar-refractivity contribution in [2.45, 2.75) is 78.1 Å². The summed E-state index contributed by atoms with van der Waals surface area (Å²) in [5, 5.41) is 0. The molecule has 2 atom stereocenters. The minimum absolute atomic E-state index is 0.331. The number of aryl methyl sites for hydroxylation is 1. The molecule has 22 heavy (non-hydrogen) atoms. The monoisotopic (exact) mass is 300 g/mol. The highest BCUT2D eigenvalue weighted by molar-refractivity contribution is 5.49. The van der Waals surface area contributed by atoms with E-state index in [1.807, 2.05) is 7.11 Å². The molecule has 0 heterocycles. The van der Waals surface area contributed by atoms with Crippen molar-refractivity contribution >= 4 is 0 Å². The molecule has 122 valence electrons. The zero-order valence-electron chi connectivity index (χ0n) is 15.3. The largest absolute Gasteiger partial charge is 0.496 e. The van der Waals surface area contributed by atoms with Crippen molar-refractivity contribution in [3.05, 3.63) is 28.8 Å². The van der Waals surface area contributed by atoms with Gasteiger partial charge in [-0.15, -0.1) is 0 Å². The van der Waals surface area contributed by atoms with Crippen molar-refractivity contribution in [3.63, 3.8) is 0 Å². The fourth-order valence-corrected chi connectivity index (χ4v) is 5.46. The summed E-state index contributed by atoms with van der Waals surface area (Å²) in [6, 6.07) is 4.83. The van der Waals surface area contributed by atoms with Crippen LogP contribution in [0.1, 0.15) is 82.9 Å². The molecule has 0 saturated heterocycles. The molecular formula is C21H32O. The summed E-state index contributed by atoms with van der Waals surface area (Å²) in [6.45, 7) is 12.0. The van der Waals surface area contributed by atoms with Crippen molar-refractivity contribution < 1.29 is 4.74 Å². The summed E-state index contributed by atoms with van der Waals surface area (Å²) in [5.74, 6) is 2.42. The Hall–Kier alpha value is -0.980. The normalized spacial score (nSPS) is 29.9. The molecule has 1 aromatic carbocycles. The van der Waals surface area contributed by atoms with Crippen molar-refractivity contribution in [2.75, 3.05) is 7.11 Å². The van der Waals surface area contributed by atoms with Crippen LogP contribution in [-0.2, 0) is 11.8 Å². The first-order valence-corrected chi connectivity index (χ1v) is 9.01. The van der Waals surface area contributed by atoms with E-state index in [0.29, 0.717) is 16.7 Å². The molecule has 0 amide bonds. The van der Waals surface area contributed by atoms with Crippen LogP contribution in [0.3, 0.4) is 0 Å². The lowest BCUT2D eigenvalue weighted by Gasteiger charge is -2.54. The van der Waals surface area contributed by atoms with Gasteiger partial charge in [-0.1, -0.05) is 47.1 Å². The lowest BCUT2D eigenvalue weighted by Crippen LogP contribution is -2.47. The summed E-state index contributed by atoms with van der Waals surface area (Å²) in [7, 11) is 1.82. The summed E-state index contributed by atoms with van der Waals surface area (Å²) in [5.41, 5.74) is 5.34. The fraction of sp³-hybridized carbons (Fsp3) is 0.714. The Balaban J connectivity index is 2.14. The zero-order chi connectivity index (χ0) is 16.1. The van der Waals surface area contributed by atoms with E-state index in [1.165, 1.54) is 37.7 Å². The Bertz CT molecular complexity index is 570. The van der Waals surface area contributed by atoms with Crippen molar-refractivity contribution in [3.8, 4) is 5.75 Å². The molecule has 2 aliphatic rings. The van der Waals surface area contributed by atoms with Gasteiger partial charge in [-0.3, -0.25) is 0 Å². The topological polar surface area (TPSA) is 9.23 Å². The summed E-state index contributed by atoms with van der Waals surface area (Å²) >= 11 is 0. The van der Waals surface area contributed by atoms with Crippen molar-refractivity contribution in [1.82, 2.24) is 0 Å². The average molecular weight is 300 g/mol. The molecule has 3 rings (SSSR count). The highest BCUT2D eigenvalue weighted by Crippen LogP contribution is 2.57. The molecule has 1 fully saturated rings. The van der Waals surface area contributed by atoms with E-state index in [9.17, 15) is 0 Å². The minimum Gasteiger partial charge on any atom is -0.496 e. The Morgan fingerprint density at radius 1 is 1.14 bits per heavy atom. The number of benzene rings is 1. The lowest BCUT2D eigenvalue weighted by molar-refractivity contribution is 0.0405. The number of hydrogen-bond donors (Lipinski definition) is 0. The maximum Gasteiger partial charge on any atom is 0.122 e. The van der Waals surface area contributed by atoms with Crippen LogP contribution in [0.2, 0.25) is 0 Å². The molecule has 2 aliphatic carbocycles. The highest BCUT2D eigenvalue weighted by atomic mass is 16.5. The van der Waals surface area contributed by atoms with Gasteiger partial charge in [0.15, 0.2) is 0 Å². The van der Waals surface area contributed by atoms with Gasteiger partial charge in [-0.2, -0.15) is 0 Å². The van der Waals surface area contributed by atoms with E-state index in [-0.39, 0.29) is 0 Å². The van der Waals surface area contributed by atoms with E-state index >= 15 is 0 Å². The number of rotatable bonds is 2. The van der Waals surface area contributed by atoms with Gasteiger partial charge in [0.1, 0.15) is 5.75 Å². The first-order valence-electron chi connectivity index (χ1n) is 9.01. The predicted octanol–water partition coefficient (Wildman–Crippen LogP) is 5.85. The van der Waals surface area contributed by atoms with Crippen LogP contribution in [0.15, 0.2) is 12.1 Å². The maximum absolute atomic E-state index is 5.75. The van der Waals surface area contributed by atoms with E-state index in [0.717, 1.165) is 11.7 Å². The van der Waals surface area contributed by atoms with E-state index in [4.69, 9.17) is 4.74 Å². The van der Waals surface area contributed by atoms with Gasteiger partial charge < -0.3 is 4.74 Å². The quantitative estimate of drug-likeness (QED) is 0.666. The molecule has 0 aromatic heterocycles. The molecule has 1 saturated carbocycles. The van der Waals surface area contributed by atoms with Gasteiger partial charge in [-0.05, 0) is 71.1 Å². The van der Waals surface area contributed by atoms with Gasteiger partial charge in [0.25, 0.3) is 0 Å². The molecule has 1 aromatic rings. The molecule has 0 aliphatic heterocycles. The Morgan fingerprint density at radius 3 is 2.50 bits per heavy atom. The number of hydrogen-bond acceptors (Lipinski definition) is 1. The molecule has 0 N–H and O–H groups in total. The second-order valence-electron chi connectivity index (χ2n) is 8.76. The molecule has 1 heteroatoms. The first-order chi connectivity index (χ1) is 10.3. The highest BCUT2D eigenvalue weighted by Gasteiger charge is 2.49. The van der Waals surface area contributed by atoms with Gasteiger partial charge in [0, 0.05) is 0 Å². The van der Waals surface area contributed by atoms with Crippen LogP contribution in [0.25, 0.3) is 0 Å². The third kappa shape index (κ3) is 2.28. The second-order valence-corrected chi connectivity index (χ2v) is 8.76. The molecule has 0 spiro atoms. The Morgan fingerprint density at radius 2 is 1.86 bits per heavy atom. The number of methoxy groups -OCH3 is 1. The standard InChI is InChI=1S/C21H32O/c1-14(2)16-12-15-8-9-19-20(3,4)10-7-11-21(19,5)17(15)13-18(16)22-6/h12-14,19H,7-11H2,1-6H3/t19-,21+/m0/s1. The van der Waals surface area contributed by atoms with Crippen LogP contribution in [0.4, 0.5) is 0 Å². The van der Waals surface area contributed by atoms with Gasteiger partial charge in [0.05, 0.1) is 7.11 Å². The van der Waals surface area contributed by atoms with E-state index < -0.39 is 0 Å². The molecule has 0 radical (unpaired) electrons. The summed E-state index contributed by atoms with van der Waals surface area (Å²) in [4.78, 5) is 0. The average Bonchev–Trinajstić information content (AvgIpc) is 2.45. The number of fused-ring (bicyclic) bond motifs is 3. The summed E-state index contributed by atoms with van der Waals surface area (Å²) in [6.07, 6.45) is 6.65. The van der Waals surface area contributed by atoms with E-state index in [1.54, 1.807) is 11.1 Å². The molecule has 0 bridgehead atoms. The van der Waals surface area contributed by atoms with Crippen LogP contribution in [0, 0.1) is 11.3 Å². The van der Waals surface area contributed by atoms with Crippen molar-refractivity contribution in [1.29, 1.82) is 0 Å². The first kappa shape index (κ1) is 15.9.